The normalized spacial score (nSPS) is 15.1. The lowest BCUT2D eigenvalue weighted by Gasteiger charge is -2.24. The van der Waals surface area contributed by atoms with Crippen LogP contribution in [-0.2, 0) is 11.2 Å². The third-order valence-corrected chi connectivity index (χ3v) is 3.00. The highest BCUT2D eigenvalue weighted by molar-refractivity contribution is 5.95. The summed E-state index contributed by atoms with van der Waals surface area (Å²) in [6.07, 6.45) is 2.47. The lowest BCUT2D eigenvalue weighted by molar-refractivity contribution is -0.156. The van der Waals surface area contributed by atoms with Crippen molar-refractivity contribution in [3.05, 3.63) is 41.0 Å². The van der Waals surface area contributed by atoms with Gasteiger partial charge < -0.3 is 5.11 Å². The number of aryl methyl sites for hydroxylation is 2. The first-order valence-corrected chi connectivity index (χ1v) is 5.35. The standard InChI is InChI=1S/C13H12F2O2/c1-8-4-2-5-9-6-3-7-10(11(8)9)13(14,15)12(16)17/h2,4-5,7H,3,6H2,1H3,(H,16,17). The lowest BCUT2D eigenvalue weighted by atomic mass is 9.85. The number of halogens is 2. The van der Waals surface area contributed by atoms with E-state index in [1.54, 1.807) is 25.1 Å². The number of allylic oxidation sites excluding steroid dienone is 1. The van der Waals surface area contributed by atoms with Crippen LogP contribution in [0.15, 0.2) is 24.3 Å². The maximum atomic E-state index is 13.6. The third-order valence-electron chi connectivity index (χ3n) is 3.00. The van der Waals surface area contributed by atoms with Gasteiger partial charge in [-0.2, -0.15) is 8.78 Å². The van der Waals surface area contributed by atoms with Gasteiger partial charge in [0.25, 0.3) is 0 Å². The smallest absolute Gasteiger partial charge is 0.379 e. The molecule has 0 amide bonds. The van der Waals surface area contributed by atoms with Crippen molar-refractivity contribution in [3.8, 4) is 0 Å². The van der Waals surface area contributed by atoms with Crippen LogP contribution in [0.1, 0.15) is 23.1 Å². The molecule has 0 saturated heterocycles. The molecule has 1 aromatic rings. The Morgan fingerprint density at radius 1 is 1.41 bits per heavy atom. The SMILES string of the molecule is Cc1cccc2c1C(C(F)(F)C(=O)O)=CCC2. The fourth-order valence-corrected chi connectivity index (χ4v) is 2.20. The average molecular weight is 238 g/mol. The summed E-state index contributed by atoms with van der Waals surface area (Å²) in [4.78, 5) is 10.7. The van der Waals surface area contributed by atoms with Gasteiger partial charge in [-0.15, -0.1) is 0 Å². The molecule has 1 N–H and O–H groups in total. The Morgan fingerprint density at radius 2 is 2.12 bits per heavy atom. The molecule has 0 aliphatic heterocycles. The van der Waals surface area contributed by atoms with Crippen LogP contribution in [0.25, 0.3) is 5.57 Å². The van der Waals surface area contributed by atoms with Crippen molar-refractivity contribution in [2.75, 3.05) is 0 Å². The number of aliphatic carboxylic acids is 1. The molecule has 2 rings (SSSR count). The molecule has 0 unspecified atom stereocenters. The molecule has 0 aromatic heterocycles. The van der Waals surface area contributed by atoms with Gasteiger partial charge >= 0.3 is 11.9 Å². The van der Waals surface area contributed by atoms with Gasteiger partial charge in [0.15, 0.2) is 0 Å². The largest absolute Gasteiger partial charge is 0.477 e. The minimum absolute atomic E-state index is 0.371. The highest BCUT2D eigenvalue weighted by atomic mass is 19.3. The zero-order chi connectivity index (χ0) is 12.6. The molecule has 1 aromatic carbocycles. The highest BCUT2D eigenvalue weighted by Crippen LogP contribution is 2.39. The molecule has 0 bridgehead atoms. The number of carboxylic acids is 1. The number of hydrogen-bond acceptors (Lipinski definition) is 1. The summed E-state index contributed by atoms with van der Waals surface area (Å²) in [5.74, 6) is -5.92. The lowest BCUT2D eigenvalue weighted by Crippen LogP contribution is -2.31. The van der Waals surface area contributed by atoms with Crippen molar-refractivity contribution >= 4 is 11.5 Å². The summed E-state index contributed by atoms with van der Waals surface area (Å²) in [6.45, 7) is 1.72. The van der Waals surface area contributed by atoms with Gasteiger partial charge in [0.2, 0.25) is 0 Å². The number of fused-ring (bicyclic) bond motifs is 1. The molecular formula is C13H12F2O2. The van der Waals surface area contributed by atoms with Crippen molar-refractivity contribution in [1.82, 2.24) is 0 Å². The number of alkyl halides is 2. The van der Waals surface area contributed by atoms with Crippen LogP contribution in [0.4, 0.5) is 8.78 Å². The van der Waals surface area contributed by atoms with E-state index >= 15 is 0 Å². The predicted molar refractivity (Wildman–Crippen MR) is 60.1 cm³/mol. The first-order chi connectivity index (χ1) is 7.94. The molecule has 0 heterocycles. The van der Waals surface area contributed by atoms with E-state index in [4.69, 9.17) is 5.11 Å². The molecule has 2 nitrogen and oxygen atoms in total. The molecule has 4 heteroatoms. The number of rotatable bonds is 2. The predicted octanol–water partition coefficient (Wildman–Crippen LogP) is 3.04. The van der Waals surface area contributed by atoms with Crippen LogP contribution in [-0.4, -0.2) is 17.0 Å². The Labute approximate surface area is 97.6 Å². The van der Waals surface area contributed by atoms with E-state index in [9.17, 15) is 13.6 Å². The number of benzene rings is 1. The number of hydrogen-bond donors (Lipinski definition) is 1. The van der Waals surface area contributed by atoms with Crippen LogP contribution in [0.3, 0.4) is 0 Å². The maximum absolute atomic E-state index is 13.6. The Morgan fingerprint density at radius 3 is 2.76 bits per heavy atom. The minimum atomic E-state index is -3.82. The molecule has 90 valence electrons. The molecule has 0 atom stereocenters. The molecule has 1 aliphatic rings. The van der Waals surface area contributed by atoms with Gasteiger partial charge in [-0.3, -0.25) is 0 Å². The summed E-state index contributed by atoms with van der Waals surface area (Å²) in [5.41, 5.74) is 1.51. The van der Waals surface area contributed by atoms with Gasteiger partial charge in [0.05, 0.1) is 0 Å². The maximum Gasteiger partial charge on any atom is 0.379 e. The van der Waals surface area contributed by atoms with Gasteiger partial charge in [0, 0.05) is 5.57 Å². The molecule has 0 radical (unpaired) electrons. The fourth-order valence-electron chi connectivity index (χ4n) is 2.20. The van der Waals surface area contributed by atoms with Crippen LogP contribution < -0.4 is 0 Å². The van der Waals surface area contributed by atoms with Crippen molar-refractivity contribution in [3.63, 3.8) is 0 Å². The first kappa shape index (κ1) is 11.8. The van der Waals surface area contributed by atoms with E-state index in [2.05, 4.69) is 0 Å². The second-order valence-corrected chi connectivity index (χ2v) is 4.15. The second kappa shape index (κ2) is 3.95. The zero-order valence-corrected chi connectivity index (χ0v) is 9.34. The fraction of sp³-hybridized carbons (Fsp3) is 0.308. The van der Waals surface area contributed by atoms with Crippen LogP contribution in [0.5, 0.6) is 0 Å². The van der Waals surface area contributed by atoms with Gasteiger partial charge in [-0.1, -0.05) is 24.3 Å². The molecule has 1 aliphatic carbocycles. The van der Waals surface area contributed by atoms with Crippen LogP contribution >= 0.6 is 0 Å². The Hall–Kier alpha value is -1.71. The first-order valence-electron chi connectivity index (χ1n) is 5.35. The topological polar surface area (TPSA) is 37.3 Å². The van der Waals surface area contributed by atoms with Crippen molar-refractivity contribution in [1.29, 1.82) is 0 Å². The molecule has 0 spiro atoms. The van der Waals surface area contributed by atoms with Gasteiger partial charge in [0.1, 0.15) is 0 Å². The van der Waals surface area contributed by atoms with E-state index in [1.165, 1.54) is 6.08 Å². The van der Waals surface area contributed by atoms with Crippen molar-refractivity contribution in [2.24, 2.45) is 0 Å². The summed E-state index contributed by atoms with van der Waals surface area (Å²) in [6, 6.07) is 5.29. The summed E-state index contributed by atoms with van der Waals surface area (Å²) in [7, 11) is 0. The molecule has 0 fully saturated rings. The average Bonchev–Trinajstić information content (AvgIpc) is 2.28. The Bertz CT molecular complexity index is 504. The van der Waals surface area contributed by atoms with E-state index in [1.807, 2.05) is 0 Å². The Kier molecular flexibility index (Phi) is 2.73. The van der Waals surface area contributed by atoms with Gasteiger partial charge in [-0.05, 0) is 36.5 Å². The van der Waals surface area contributed by atoms with Crippen LogP contribution in [0, 0.1) is 6.92 Å². The quantitative estimate of drug-likeness (QED) is 0.859. The highest BCUT2D eigenvalue weighted by Gasteiger charge is 2.45. The minimum Gasteiger partial charge on any atom is -0.477 e. The number of carbonyl (C=O) groups is 1. The molecular weight excluding hydrogens is 226 g/mol. The molecule has 17 heavy (non-hydrogen) atoms. The zero-order valence-electron chi connectivity index (χ0n) is 9.34. The van der Waals surface area contributed by atoms with E-state index < -0.39 is 11.9 Å². The third kappa shape index (κ3) is 1.84. The summed E-state index contributed by atoms with van der Waals surface area (Å²) >= 11 is 0. The summed E-state index contributed by atoms with van der Waals surface area (Å²) < 4.78 is 27.2. The second-order valence-electron chi connectivity index (χ2n) is 4.15. The van der Waals surface area contributed by atoms with E-state index in [0.717, 1.165) is 5.56 Å². The van der Waals surface area contributed by atoms with Gasteiger partial charge in [-0.25, -0.2) is 4.79 Å². The number of carboxylic acid groups (broad SMARTS) is 1. The van der Waals surface area contributed by atoms with E-state index in [0.29, 0.717) is 24.0 Å². The molecule has 0 saturated carbocycles. The van der Waals surface area contributed by atoms with E-state index in [-0.39, 0.29) is 5.57 Å². The summed E-state index contributed by atoms with van der Waals surface area (Å²) in [5, 5.41) is 8.62. The van der Waals surface area contributed by atoms with Crippen LogP contribution in [0.2, 0.25) is 0 Å². The Balaban J connectivity index is 2.60. The monoisotopic (exact) mass is 238 g/mol. The van der Waals surface area contributed by atoms with Crippen molar-refractivity contribution < 1.29 is 18.7 Å². The van der Waals surface area contributed by atoms with Crippen molar-refractivity contribution in [2.45, 2.75) is 25.7 Å².